The molecule has 0 bridgehead atoms. The summed E-state index contributed by atoms with van der Waals surface area (Å²) in [5, 5.41) is 7.10. The van der Waals surface area contributed by atoms with Gasteiger partial charge in [0.05, 0.1) is 0 Å². The highest BCUT2D eigenvalue weighted by Gasteiger charge is 1.96. The molecule has 0 heterocycles. The third-order valence-electron chi connectivity index (χ3n) is 2.55. The van der Waals surface area contributed by atoms with E-state index >= 15 is 0 Å². The quantitative estimate of drug-likeness (QED) is 0.759. The van der Waals surface area contributed by atoms with E-state index in [0.717, 1.165) is 31.0 Å². The molecule has 0 amide bonds. The monoisotopic (exact) mass is 250 g/mol. The Hall–Kier alpha value is -1.09. The lowest BCUT2D eigenvalue weighted by Crippen LogP contribution is -2.35. The van der Waals surface area contributed by atoms with Crippen molar-refractivity contribution in [3.63, 3.8) is 0 Å². The molecule has 2 N–H and O–H groups in total. The molecule has 1 rings (SSSR count). The van der Waals surface area contributed by atoms with Crippen LogP contribution in [0.1, 0.15) is 37.8 Å². The van der Waals surface area contributed by atoms with Crippen molar-refractivity contribution < 1.29 is 0 Å². The van der Waals surface area contributed by atoms with Gasteiger partial charge in [0.15, 0.2) is 5.11 Å². The highest BCUT2D eigenvalue weighted by Crippen LogP contribution is 2.06. The summed E-state index contributed by atoms with van der Waals surface area (Å²) in [6, 6.07) is 8.73. The first-order chi connectivity index (χ1) is 8.26. The highest BCUT2D eigenvalue weighted by atomic mass is 32.1. The fourth-order valence-electron chi connectivity index (χ4n) is 1.60. The standard InChI is InChI=1S/C14H22N2S/c1-3-5-12-6-8-13(9-7-12)11-16-14(17)15-10-4-2/h6-9H,3-5,10-11H2,1-2H3,(H2,15,16,17). The van der Waals surface area contributed by atoms with E-state index in [1.165, 1.54) is 17.5 Å². The largest absolute Gasteiger partial charge is 0.363 e. The number of hydrogen-bond donors (Lipinski definition) is 2. The summed E-state index contributed by atoms with van der Waals surface area (Å²) in [7, 11) is 0. The molecule has 94 valence electrons. The predicted molar refractivity (Wildman–Crippen MR) is 78.2 cm³/mol. The van der Waals surface area contributed by atoms with Crippen LogP contribution in [0, 0.1) is 0 Å². The van der Waals surface area contributed by atoms with Crippen molar-refractivity contribution in [3.05, 3.63) is 35.4 Å². The molecule has 2 nitrogen and oxygen atoms in total. The molecular formula is C14H22N2S. The molecule has 0 aliphatic rings. The molecule has 17 heavy (non-hydrogen) atoms. The van der Waals surface area contributed by atoms with Gasteiger partial charge in [0.2, 0.25) is 0 Å². The summed E-state index contributed by atoms with van der Waals surface area (Å²) in [6.45, 7) is 6.05. The minimum atomic E-state index is 0.740. The van der Waals surface area contributed by atoms with Crippen LogP contribution < -0.4 is 10.6 Å². The number of benzene rings is 1. The van der Waals surface area contributed by atoms with Crippen molar-refractivity contribution in [1.82, 2.24) is 10.6 Å². The van der Waals surface area contributed by atoms with E-state index in [1.807, 2.05) is 0 Å². The number of nitrogens with one attached hydrogen (secondary N) is 2. The van der Waals surface area contributed by atoms with Crippen LogP contribution in [0.5, 0.6) is 0 Å². The summed E-state index contributed by atoms with van der Waals surface area (Å²) in [5.41, 5.74) is 2.67. The van der Waals surface area contributed by atoms with E-state index in [-0.39, 0.29) is 0 Å². The van der Waals surface area contributed by atoms with Crippen molar-refractivity contribution in [1.29, 1.82) is 0 Å². The Balaban J connectivity index is 2.34. The van der Waals surface area contributed by atoms with Gasteiger partial charge in [-0.2, -0.15) is 0 Å². The summed E-state index contributed by atoms with van der Waals surface area (Å²) >= 11 is 5.16. The van der Waals surface area contributed by atoms with Crippen LogP contribution in [0.2, 0.25) is 0 Å². The second-order valence-corrected chi connectivity index (χ2v) is 4.58. The molecule has 0 aliphatic carbocycles. The molecule has 3 heteroatoms. The second kappa shape index (κ2) is 8.07. The van der Waals surface area contributed by atoms with Crippen LogP contribution in [-0.2, 0) is 13.0 Å². The van der Waals surface area contributed by atoms with Crippen molar-refractivity contribution in [2.45, 2.75) is 39.7 Å². The van der Waals surface area contributed by atoms with Gasteiger partial charge in [0, 0.05) is 13.1 Å². The smallest absolute Gasteiger partial charge is 0.166 e. The van der Waals surface area contributed by atoms with E-state index in [1.54, 1.807) is 0 Å². The molecule has 0 aliphatic heterocycles. The van der Waals surface area contributed by atoms with Crippen LogP contribution in [0.4, 0.5) is 0 Å². The highest BCUT2D eigenvalue weighted by molar-refractivity contribution is 7.80. The van der Waals surface area contributed by atoms with Crippen molar-refractivity contribution in [2.24, 2.45) is 0 Å². The molecule has 0 radical (unpaired) electrons. The Morgan fingerprint density at radius 1 is 1.00 bits per heavy atom. The first-order valence-corrected chi connectivity index (χ1v) is 6.76. The third kappa shape index (κ3) is 5.68. The molecule has 0 aromatic heterocycles. The Bertz CT molecular complexity index is 333. The van der Waals surface area contributed by atoms with Gasteiger partial charge in [-0.15, -0.1) is 0 Å². The van der Waals surface area contributed by atoms with Gasteiger partial charge >= 0.3 is 0 Å². The third-order valence-corrected chi connectivity index (χ3v) is 2.84. The normalized spacial score (nSPS) is 10.0. The van der Waals surface area contributed by atoms with Gasteiger partial charge in [-0.3, -0.25) is 0 Å². The van der Waals surface area contributed by atoms with Crippen LogP contribution in [0.15, 0.2) is 24.3 Å². The Kier molecular flexibility index (Phi) is 6.63. The van der Waals surface area contributed by atoms with Gasteiger partial charge in [-0.1, -0.05) is 44.5 Å². The topological polar surface area (TPSA) is 24.1 Å². The second-order valence-electron chi connectivity index (χ2n) is 4.18. The van der Waals surface area contributed by atoms with Crippen LogP contribution >= 0.6 is 12.2 Å². The van der Waals surface area contributed by atoms with E-state index in [9.17, 15) is 0 Å². The number of hydrogen-bond acceptors (Lipinski definition) is 1. The van der Waals surface area contributed by atoms with Crippen molar-refractivity contribution in [3.8, 4) is 0 Å². The van der Waals surface area contributed by atoms with Gasteiger partial charge in [-0.25, -0.2) is 0 Å². The minimum absolute atomic E-state index is 0.740. The Morgan fingerprint density at radius 3 is 2.24 bits per heavy atom. The molecular weight excluding hydrogens is 228 g/mol. The number of aryl methyl sites for hydroxylation is 1. The summed E-state index contributed by atoms with van der Waals surface area (Å²) in [4.78, 5) is 0. The maximum Gasteiger partial charge on any atom is 0.166 e. The summed E-state index contributed by atoms with van der Waals surface area (Å²) in [6.07, 6.45) is 3.44. The van der Waals surface area contributed by atoms with Gasteiger partial charge in [-0.05, 0) is 36.2 Å². The van der Waals surface area contributed by atoms with E-state index in [4.69, 9.17) is 12.2 Å². The molecule has 1 aromatic carbocycles. The molecule has 0 spiro atoms. The molecule has 0 saturated heterocycles. The van der Waals surface area contributed by atoms with Crippen molar-refractivity contribution >= 4 is 17.3 Å². The van der Waals surface area contributed by atoms with E-state index in [2.05, 4.69) is 48.7 Å². The number of rotatable bonds is 6. The lowest BCUT2D eigenvalue weighted by atomic mass is 10.1. The maximum absolute atomic E-state index is 5.16. The summed E-state index contributed by atoms with van der Waals surface area (Å²) < 4.78 is 0. The molecule has 0 saturated carbocycles. The van der Waals surface area contributed by atoms with Crippen LogP contribution in [0.3, 0.4) is 0 Å². The zero-order valence-electron chi connectivity index (χ0n) is 10.8. The maximum atomic E-state index is 5.16. The lowest BCUT2D eigenvalue weighted by molar-refractivity contribution is 0.799. The summed E-state index contributed by atoms with van der Waals surface area (Å²) in [5.74, 6) is 0. The molecule has 0 fully saturated rings. The van der Waals surface area contributed by atoms with E-state index < -0.39 is 0 Å². The fraction of sp³-hybridized carbons (Fsp3) is 0.500. The molecule has 0 atom stereocenters. The molecule has 1 aromatic rings. The van der Waals surface area contributed by atoms with Crippen molar-refractivity contribution in [2.75, 3.05) is 6.54 Å². The predicted octanol–water partition coefficient (Wildman–Crippen LogP) is 3.01. The first-order valence-electron chi connectivity index (χ1n) is 6.35. The zero-order valence-corrected chi connectivity index (χ0v) is 11.6. The van der Waals surface area contributed by atoms with Crippen LogP contribution in [-0.4, -0.2) is 11.7 Å². The lowest BCUT2D eigenvalue weighted by Gasteiger charge is -2.10. The fourth-order valence-corrected chi connectivity index (χ4v) is 1.77. The first kappa shape index (κ1) is 14.0. The van der Waals surface area contributed by atoms with Gasteiger partial charge < -0.3 is 10.6 Å². The average Bonchev–Trinajstić information content (AvgIpc) is 2.36. The zero-order chi connectivity index (χ0) is 12.5. The average molecular weight is 250 g/mol. The van der Waals surface area contributed by atoms with Gasteiger partial charge in [0.25, 0.3) is 0 Å². The Labute approximate surface area is 110 Å². The minimum Gasteiger partial charge on any atom is -0.363 e. The Morgan fingerprint density at radius 2 is 1.65 bits per heavy atom. The number of thiocarbonyl (C=S) groups is 1. The van der Waals surface area contributed by atoms with Gasteiger partial charge in [0.1, 0.15) is 0 Å². The SMILES string of the molecule is CCCNC(=S)NCc1ccc(CCC)cc1. The van der Waals surface area contributed by atoms with E-state index in [0.29, 0.717) is 0 Å². The van der Waals surface area contributed by atoms with Crippen LogP contribution in [0.25, 0.3) is 0 Å². The molecule has 0 unspecified atom stereocenters.